The summed E-state index contributed by atoms with van der Waals surface area (Å²) in [7, 11) is 1.59. The van der Waals surface area contributed by atoms with Crippen molar-refractivity contribution in [1.82, 2.24) is 18.7 Å². The maximum absolute atomic E-state index is 13.5. The number of nitrogens with two attached hydrogens (primary N) is 1. The van der Waals surface area contributed by atoms with Gasteiger partial charge < -0.3 is 16.0 Å². The molecule has 33 heavy (non-hydrogen) atoms. The predicted octanol–water partition coefficient (Wildman–Crippen LogP) is 0.937. The van der Waals surface area contributed by atoms with Gasteiger partial charge in [-0.15, -0.1) is 5.92 Å². The van der Waals surface area contributed by atoms with Crippen LogP contribution in [-0.4, -0.2) is 43.7 Å². The zero-order valence-corrected chi connectivity index (χ0v) is 18.8. The summed E-state index contributed by atoms with van der Waals surface area (Å²) in [4.78, 5) is 33.3. The summed E-state index contributed by atoms with van der Waals surface area (Å²) < 4.78 is 4.18. The number of hydrogen-bond donors (Lipinski definition) is 3. The predicted molar refractivity (Wildman–Crippen MR) is 130 cm³/mol. The number of imidazole rings is 1. The molecular weight excluding hydrogens is 420 g/mol. The van der Waals surface area contributed by atoms with Crippen LogP contribution in [0.4, 0.5) is 11.6 Å². The van der Waals surface area contributed by atoms with Crippen molar-refractivity contribution in [3.05, 3.63) is 51.2 Å². The SMILES string of the molecule is CC#CCn1c(N2CCCC(N)C2)nc2c1c(=O)n(CC(=N)Nc1ccccc1)c(=O)n2C. The molecule has 0 radical (unpaired) electrons. The third kappa shape index (κ3) is 4.40. The molecule has 0 amide bonds. The zero-order chi connectivity index (χ0) is 23.5. The Labute approximate surface area is 191 Å². The van der Waals surface area contributed by atoms with Crippen molar-refractivity contribution in [2.45, 2.75) is 38.9 Å². The fraction of sp³-hybridized carbons (Fsp3) is 0.391. The lowest BCUT2D eigenvalue weighted by molar-refractivity contribution is 0.496. The Hall–Kier alpha value is -3.84. The van der Waals surface area contributed by atoms with E-state index in [2.05, 4.69) is 27.0 Å². The Balaban J connectivity index is 1.81. The molecule has 1 aromatic carbocycles. The molecule has 172 valence electrons. The molecule has 3 heterocycles. The number of piperidine rings is 1. The summed E-state index contributed by atoms with van der Waals surface area (Å²) in [5.74, 6) is 6.50. The van der Waals surface area contributed by atoms with E-state index in [-0.39, 0.29) is 25.0 Å². The first-order chi connectivity index (χ1) is 15.9. The molecule has 1 fully saturated rings. The fourth-order valence-electron chi connectivity index (χ4n) is 4.13. The summed E-state index contributed by atoms with van der Waals surface area (Å²) in [6.45, 7) is 3.20. The van der Waals surface area contributed by atoms with Crippen molar-refractivity contribution >= 4 is 28.6 Å². The molecular formula is C23H28N8O2. The van der Waals surface area contributed by atoms with Crippen LogP contribution in [0.1, 0.15) is 19.8 Å². The van der Waals surface area contributed by atoms with E-state index in [0.717, 1.165) is 24.0 Å². The van der Waals surface area contributed by atoms with Crippen molar-refractivity contribution in [2.75, 3.05) is 23.3 Å². The normalized spacial score (nSPS) is 15.8. The number of benzene rings is 1. The lowest BCUT2D eigenvalue weighted by Gasteiger charge is -2.31. The van der Waals surface area contributed by atoms with E-state index in [1.54, 1.807) is 18.5 Å². The van der Waals surface area contributed by atoms with Crippen LogP contribution < -0.4 is 27.2 Å². The summed E-state index contributed by atoms with van der Waals surface area (Å²) in [5, 5.41) is 11.2. The van der Waals surface area contributed by atoms with Crippen molar-refractivity contribution < 1.29 is 0 Å². The second-order valence-electron chi connectivity index (χ2n) is 8.15. The average Bonchev–Trinajstić information content (AvgIpc) is 3.19. The Kier molecular flexibility index (Phi) is 6.33. The number of nitrogens with one attached hydrogen (secondary N) is 2. The number of amidine groups is 1. The lowest BCUT2D eigenvalue weighted by atomic mass is 10.1. The van der Waals surface area contributed by atoms with Gasteiger partial charge in [0, 0.05) is 31.9 Å². The second kappa shape index (κ2) is 9.34. The summed E-state index contributed by atoms with van der Waals surface area (Å²) in [6, 6.07) is 9.20. The quantitative estimate of drug-likeness (QED) is 0.303. The van der Waals surface area contributed by atoms with Crippen molar-refractivity contribution in [2.24, 2.45) is 12.8 Å². The topological polar surface area (TPSA) is 127 Å². The van der Waals surface area contributed by atoms with Gasteiger partial charge in [0.1, 0.15) is 5.84 Å². The van der Waals surface area contributed by atoms with Crippen LogP contribution in [0.5, 0.6) is 0 Å². The molecule has 1 atom stereocenters. The smallest absolute Gasteiger partial charge is 0.332 e. The first-order valence-corrected chi connectivity index (χ1v) is 10.9. The van der Waals surface area contributed by atoms with Crippen molar-refractivity contribution in [1.29, 1.82) is 5.41 Å². The molecule has 0 aliphatic carbocycles. The van der Waals surface area contributed by atoms with Gasteiger partial charge in [-0.3, -0.25) is 23.9 Å². The van der Waals surface area contributed by atoms with Gasteiger partial charge in [-0.1, -0.05) is 24.1 Å². The summed E-state index contributed by atoms with van der Waals surface area (Å²) >= 11 is 0. The highest BCUT2D eigenvalue weighted by atomic mass is 16.2. The molecule has 1 saturated heterocycles. The molecule has 4 rings (SSSR count). The number of anilines is 2. The number of para-hydroxylation sites is 1. The third-order valence-electron chi connectivity index (χ3n) is 5.75. The minimum Gasteiger partial charge on any atom is -0.343 e. The number of aryl methyl sites for hydroxylation is 1. The number of hydrogen-bond acceptors (Lipinski definition) is 6. The van der Waals surface area contributed by atoms with Crippen molar-refractivity contribution in [3.8, 4) is 11.8 Å². The molecule has 0 bridgehead atoms. The van der Waals surface area contributed by atoms with Gasteiger partial charge in [0.15, 0.2) is 11.2 Å². The Morgan fingerprint density at radius 2 is 2.03 bits per heavy atom. The minimum absolute atomic E-state index is 0.0225. The molecule has 1 unspecified atom stereocenters. The van der Waals surface area contributed by atoms with E-state index >= 15 is 0 Å². The molecule has 4 N–H and O–H groups in total. The molecule has 10 nitrogen and oxygen atoms in total. The molecule has 0 spiro atoms. The van der Waals surface area contributed by atoms with Gasteiger partial charge in [0.05, 0.1) is 13.1 Å². The molecule has 10 heteroatoms. The van der Waals surface area contributed by atoms with Crippen LogP contribution in [0, 0.1) is 17.3 Å². The third-order valence-corrected chi connectivity index (χ3v) is 5.75. The van der Waals surface area contributed by atoms with Gasteiger partial charge >= 0.3 is 5.69 Å². The zero-order valence-electron chi connectivity index (χ0n) is 18.8. The van der Waals surface area contributed by atoms with E-state index in [1.165, 1.54) is 4.57 Å². The van der Waals surface area contributed by atoms with Crippen molar-refractivity contribution in [3.63, 3.8) is 0 Å². The van der Waals surface area contributed by atoms with Gasteiger partial charge in [-0.2, -0.15) is 4.98 Å². The summed E-state index contributed by atoms with van der Waals surface area (Å²) in [6.07, 6.45) is 1.86. The van der Waals surface area contributed by atoms with E-state index < -0.39 is 11.2 Å². The first-order valence-electron chi connectivity index (χ1n) is 10.9. The largest absolute Gasteiger partial charge is 0.343 e. The highest BCUT2D eigenvalue weighted by molar-refractivity contribution is 5.92. The van der Waals surface area contributed by atoms with Gasteiger partial charge in [-0.05, 0) is 31.9 Å². The Morgan fingerprint density at radius 1 is 1.27 bits per heavy atom. The second-order valence-corrected chi connectivity index (χ2v) is 8.15. The van der Waals surface area contributed by atoms with Crippen LogP contribution in [-0.2, 0) is 20.1 Å². The van der Waals surface area contributed by atoms with Gasteiger partial charge in [0.2, 0.25) is 5.95 Å². The standard InChI is InChI=1S/C23H28N8O2/c1-3-4-13-30-19-20(27-22(30)29-12-8-9-16(24)14-29)28(2)23(33)31(21(19)32)15-18(25)26-17-10-6-5-7-11-17/h5-7,10-11,16H,8-9,12-15,24H2,1-2H3,(H2,25,26). The molecule has 1 aliphatic heterocycles. The van der Waals surface area contributed by atoms with Crippen LogP contribution in [0.15, 0.2) is 39.9 Å². The van der Waals surface area contributed by atoms with Crippen LogP contribution in [0.3, 0.4) is 0 Å². The van der Waals surface area contributed by atoms with Crippen LogP contribution >= 0.6 is 0 Å². The Bertz CT molecular complexity index is 1360. The molecule has 3 aromatic rings. The fourth-order valence-corrected chi connectivity index (χ4v) is 4.13. The average molecular weight is 449 g/mol. The number of aromatic nitrogens is 4. The molecule has 1 aliphatic rings. The van der Waals surface area contributed by atoms with Crippen LogP contribution in [0.25, 0.3) is 11.2 Å². The van der Waals surface area contributed by atoms with Gasteiger partial charge in [-0.25, -0.2) is 4.79 Å². The maximum Gasteiger partial charge on any atom is 0.332 e. The van der Waals surface area contributed by atoms with E-state index in [9.17, 15) is 9.59 Å². The highest BCUT2D eigenvalue weighted by Crippen LogP contribution is 2.22. The molecule has 2 aromatic heterocycles. The first kappa shape index (κ1) is 22.4. The molecule has 0 saturated carbocycles. The monoisotopic (exact) mass is 448 g/mol. The number of fused-ring (bicyclic) bond motifs is 1. The number of nitrogens with zero attached hydrogens (tertiary/aromatic N) is 5. The summed E-state index contributed by atoms with van der Waals surface area (Å²) in [5.41, 5.74) is 6.46. The van der Waals surface area contributed by atoms with E-state index in [0.29, 0.717) is 29.3 Å². The number of rotatable bonds is 5. The van der Waals surface area contributed by atoms with E-state index in [1.807, 2.05) is 30.3 Å². The Morgan fingerprint density at radius 3 is 2.73 bits per heavy atom. The van der Waals surface area contributed by atoms with Gasteiger partial charge in [0.25, 0.3) is 5.56 Å². The highest BCUT2D eigenvalue weighted by Gasteiger charge is 2.26. The lowest BCUT2D eigenvalue weighted by Crippen LogP contribution is -2.44. The van der Waals surface area contributed by atoms with E-state index in [4.69, 9.17) is 11.1 Å². The maximum atomic E-state index is 13.5. The minimum atomic E-state index is -0.528. The van der Waals surface area contributed by atoms with Crippen LogP contribution in [0.2, 0.25) is 0 Å².